The SMILES string of the molecule is O=C(NC1CCNC1)c1ccc(CN2C(=O)CCC2=O)cc1. The fourth-order valence-corrected chi connectivity index (χ4v) is 2.79. The van der Waals surface area contributed by atoms with Crippen molar-refractivity contribution in [3.8, 4) is 0 Å². The molecule has 2 N–H and O–H groups in total. The quantitative estimate of drug-likeness (QED) is 0.791. The Balaban J connectivity index is 1.61. The molecule has 116 valence electrons. The summed E-state index contributed by atoms with van der Waals surface area (Å²) in [5.41, 5.74) is 1.44. The van der Waals surface area contributed by atoms with Gasteiger partial charge in [0.2, 0.25) is 11.8 Å². The highest BCUT2D eigenvalue weighted by molar-refractivity contribution is 6.01. The number of carbonyl (C=O) groups excluding carboxylic acids is 3. The number of hydrogen-bond acceptors (Lipinski definition) is 4. The zero-order valence-corrected chi connectivity index (χ0v) is 12.3. The Kier molecular flexibility index (Phi) is 4.20. The van der Waals surface area contributed by atoms with Crippen LogP contribution < -0.4 is 10.6 Å². The smallest absolute Gasteiger partial charge is 0.251 e. The fourth-order valence-electron chi connectivity index (χ4n) is 2.79. The molecular formula is C16H19N3O3. The summed E-state index contributed by atoms with van der Waals surface area (Å²) in [6.45, 7) is 2.02. The van der Waals surface area contributed by atoms with E-state index in [9.17, 15) is 14.4 Å². The second-order valence-corrected chi connectivity index (χ2v) is 5.73. The zero-order chi connectivity index (χ0) is 15.5. The molecule has 6 nitrogen and oxygen atoms in total. The van der Waals surface area contributed by atoms with Crippen LogP contribution in [0.3, 0.4) is 0 Å². The number of hydrogen-bond donors (Lipinski definition) is 2. The van der Waals surface area contributed by atoms with Gasteiger partial charge in [-0.25, -0.2) is 0 Å². The lowest BCUT2D eigenvalue weighted by atomic mass is 10.1. The van der Waals surface area contributed by atoms with Crippen LogP contribution in [0.15, 0.2) is 24.3 Å². The molecule has 0 aliphatic carbocycles. The predicted octanol–water partition coefficient (Wildman–Crippen LogP) is 0.427. The lowest BCUT2D eigenvalue weighted by molar-refractivity contribution is -0.139. The lowest BCUT2D eigenvalue weighted by Crippen LogP contribution is -2.36. The highest BCUT2D eigenvalue weighted by atomic mass is 16.2. The van der Waals surface area contributed by atoms with Gasteiger partial charge in [0.05, 0.1) is 6.54 Å². The van der Waals surface area contributed by atoms with E-state index in [2.05, 4.69) is 10.6 Å². The molecule has 0 radical (unpaired) electrons. The number of benzene rings is 1. The van der Waals surface area contributed by atoms with Crippen LogP contribution in [0.4, 0.5) is 0 Å². The second kappa shape index (κ2) is 6.27. The molecule has 2 saturated heterocycles. The number of nitrogens with one attached hydrogen (secondary N) is 2. The molecule has 1 aromatic rings. The van der Waals surface area contributed by atoms with Crippen LogP contribution in [0.2, 0.25) is 0 Å². The average Bonchev–Trinajstić information content (AvgIpc) is 3.13. The van der Waals surface area contributed by atoms with E-state index in [1.54, 1.807) is 24.3 Å². The molecular weight excluding hydrogens is 282 g/mol. The van der Waals surface area contributed by atoms with E-state index in [1.165, 1.54) is 4.90 Å². The minimum absolute atomic E-state index is 0.0893. The van der Waals surface area contributed by atoms with Gasteiger partial charge in [0.15, 0.2) is 0 Å². The molecule has 1 aromatic carbocycles. The van der Waals surface area contributed by atoms with Crippen molar-refractivity contribution in [2.75, 3.05) is 13.1 Å². The molecule has 1 atom stereocenters. The maximum Gasteiger partial charge on any atom is 0.251 e. The summed E-state index contributed by atoms with van der Waals surface area (Å²) in [6, 6.07) is 7.24. The van der Waals surface area contributed by atoms with E-state index in [0.717, 1.165) is 25.1 Å². The minimum Gasteiger partial charge on any atom is -0.348 e. The van der Waals surface area contributed by atoms with E-state index in [-0.39, 0.29) is 30.3 Å². The van der Waals surface area contributed by atoms with E-state index in [0.29, 0.717) is 18.4 Å². The van der Waals surface area contributed by atoms with Crippen molar-refractivity contribution in [2.24, 2.45) is 0 Å². The molecule has 22 heavy (non-hydrogen) atoms. The Hall–Kier alpha value is -2.21. The minimum atomic E-state index is -0.124. The maximum atomic E-state index is 12.1. The Morgan fingerprint density at radius 1 is 1.18 bits per heavy atom. The monoisotopic (exact) mass is 301 g/mol. The number of rotatable bonds is 4. The van der Waals surface area contributed by atoms with Gasteiger partial charge in [-0.1, -0.05) is 12.1 Å². The molecule has 6 heteroatoms. The van der Waals surface area contributed by atoms with Crippen LogP contribution >= 0.6 is 0 Å². The van der Waals surface area contributed by atoms with Crippen molar-refractivity contribution in [1.82, 2.24) is 15.5 Å². The van der Waals surface area contributed by atoms with Crippen LogP contribution in [0.5, 0.6) is 0 Å². The van der Waals surface area contributed by atoms with E-state index < -0.39 is 0 Å². The molecule has 3 amide bonds. The summed E-state index contributed by atoms with van der Waals surface area (Å²) in [6.07, 6.45) is 1.55. The van der Waals surface area contributed by atoms with Crippen molar-refractivity contribution >= 4 is 17.7 Å². The van der Waals surface area contributed by atoms with Crippen LogP contribution in [0, 0.1) is 0 Å². The third-order valence-corrected chi connectivity index (χ3v) is 4.11. The Morgan fingerprint density at radius 3 is 2.45 bits per heavy atom. The Labute approximate surface area is 128 Å². The average molecular weight is 301 g/mol. The molecule has 2 fully saturated rings. The largest absolute Gasteiger partial charge is 0.348 e. The first kappa shape index (κ1) is 14.7. The van der Waals surface area contributed by atoms with Gasteiger partial charge in [0.25, 0.3) is 5.91 Å². The summed E-state index contributed by atoms with van der Waals surface area (Å²) in [7, 11) is 0. The van der Waals surface area contributed by atoms with Crippen LogP contribution in [-0.4, -0.2) is 41.8 Å². The fraction of sp³-hybridized carbons (Fsp3) is 0.438. The van der Waals surface area contributed by atoms with Gasteiger partial charge in [0, 0.05) is 31.0 Å². The molecule has 2 aliphatic rings. The first-order valence-electron chi connectivity index (χ1n) is 7.57. The maximum absolute atomic E-state index is 12.1. The number of likely N-dealkylation sites (tertiary alicyclic amines) is 1. The second-order valence-electron chi connectivity index (χ2n) is 5.73. The van der Waals surface area contributed by atoms with Crippen molar-refractivity contribution in [3.63, 3.8) is 0 Å². The van der Waals surface area contributed by atoms with Gasteiger partial charge in [-0.2, -0.15) is 0 Å². The molecule has 2 aliphatic heterocycles. The number of imide groups is 1. The van der Waals surface area contributed by atoms with Gasteiger partial charge in [-0.05, 0) is 30.7 Å². The third kappa shape index (κ3) is 3.17. The van der Waals surface area contributed by atoms with Gasteiger partial charge in [0.1, 0.15) is 0 Å². The molecule has 3 rings (SSSR count). The van der Waals surface area contributed by atoms with Gasteiger partial charge in [-0.3, -0.25) is 19.3 Å². The molecule has 0 spiro atoms. The van der Waals surface area contributed by atoms with Crippen LogP contribution in [-0.2, 0) is 16.1 Å². The highest BCUT2D eigenvalue weighted by Crippen LogP contribution is 2.16. The van der Waals surface area contributed by atoms with E-state index in [4.69, 9.17) is 0 Å². The molecule has 0 bridgehead atoms. The first-order chi connectivity index (χ1) is 10.6. The molecule has 1 unspecified atom stereocenters. The number of nitrogens with zero attached hydrogens (tertiary/aromatic N) is 1. The van der Waals surface area contributed by atoms with E-state index >= 15 is 0 Å². The number of carbonyl (C=O) groups is 3. The third-order valence-electron chi connectivity index (χ3n) is 4.11. The van der Waals surface area contributed by atoms with Crippen molar-refractivity contribution < 1.29 is 14.4 Å². The number of amides is 3. The molecule has 2 heterocycles. The van der Waals surface area contributed by atoms with Gasteiger partial charge >= 0.3 is 0 Å². The summed E-state index contributed by atoms with van der Waals surface area (Å²) in [4.78, 5) is 36.6. The molecule has 0 aromatic heterocycles. The predicted molar refractivity (Wildman–Crippen MR) is 80.0 cm³/mol. The van der Waals surface area contributed by atoms with Crippen molar-refractivity contribution in [1.29, 1.82) is 0 Å². The summed E-state index contributed by atoms with van der Waals surface area (Å²) in [5.74, 6) is -0.338. The Morgan fingerprint density at radius 2 is 1.86 bits per heavy atom. The first-order valence-corrected chi connectivity index (χ1v) is 7.57. The normalized spacial score (nSPS) is 21.5. The summed E-state index contributed by atoms with van der Waals surface area (Å²) < 4.78 is 0. The van der Waals surface area contributed by atoms with Crippen LogP contribution in [0.1, 0.15) is 35.2 Å². The van der Waals surface area contributed by atoms with Crippen molar-refractivity contribution in [2.45, 2.75) is 31.8 Å². The standard InChI is InChI=1S/C16H19N3O3/c20-14-5-6-15(21)19(14)10-11-1-3-12(4-2-11)16(22)18-13-7-8-17-9-13/h1-4,13,17H,5-10H2,(H,18,22). The van der Waals surface area contributed by atoms with Gasteiger partial charge < -0.3 is 10.6 Å². The highest BCUT2D eigenvalue weighted by Gasteiger charge is 2.28. The van der Waals surface area contributed by atoms with Crippen molar-refractivity contribution in [3.05, 3.63) is 35.4 Å². The van der Waals surface area contributed by atoms with Crippen LogP contribution in [0.25, 0.3) is 0 Å². The zero-order valence-electron chi connectivity index (χ0n) is 12.3. The lowest BCUT2D eigenvalue weighted by Gasteiger charge is -2.14. The van der Waals surface area contributed by atoms with E-state index in [1.807, 2.05) is 0 Å². The molecule has 0 saturated carbocycles. The topological polar surface area (TPSA) is 78.5 Å². The van der Waals surface area contributed by atoms with Gasteiger partial charge in [-0.15, -0.1) is 0 Å². The Bertz CT molecular complexity index is 575. The summed E-state index contributed by atoms with van der Waals surface area (Å²) in [5, 5.41) is 6.18. The summed E-state index contributed by atoms with van der Waals surface area (Å²) >= 11 is 0.